The second-order valence-electron chi connectivity index (χ2n) is 5.50. The number of phenols is 3. The van der Waals surface area contributed by atoms with Gasteiger partial charge in [0.25, 0.3) is 0 Å². The summed E-state index contributed by atoms with van der Waals surface area (Å²) in [7, 11) is 1.31. The number of hydrogen-bond donors (Lipinski definition) is 3. The Bertz CT molecular complexity index is 861. The van der Waals surface area contributed by atoms with E-state index in [-0.39, 0.29) is 29.4 Å². The van der Waals surface area contributed by atoms with Gasteiger partial charge < -0.3 is 20.1 Å². The van der Waals surface area contributed by atoms with Gasteiger partial charge in [-0.25, -0.2) is 0 Å². The SMILES string of the molecule is COc1cc(C(=O)CN=Cc2c(O)cc(C)c(Cl)c2C)cc(O)c1O. The molecule has 0 unspecified atom stereocenters. The molecule has 0 saturated carbocycles. The highest BCUT2D eigenvalue weighted by Crippen LogP contribution is 2.36. The summed E-state index contributed by atoms with van der Waals surface area (Å²) in [5.41, 5.74) is 2.00. The number of ether oxygens (including phenoxy) is 1. The molecular formula is C18H18ClNO5. The zero-order chi connectivity index (χ0) is 18.7. The number of nitrogens with zero attached hydrogens (tertiary/aromatic N) is 1. The lowest BCUT2D eigenvalue weighted by Crippen LogP contribution is -2.04. The molecule has 25 heavy (non-hydrogen) atoms. The number of methoxy groups -OCH3 is 1. The standard InChI is InChI=1S/C18H18ClNO5/c1-9-4-13(21)12(10(2)17(9)19)7-20-8-15(23)11-5-14(22)18(24)16(6-11)25-3/h4-7,21-22,24H,8H2,1-3H3. The maximum Gasteiger partial charge on any atom is 0.200 e. The second kappa shape index (κ2) is 7.44. The maximum absolute atomic E-state index is 12.2. The summed E-state index contributed by atoms with van der Waals surface area (Å²) >= 11 is 6.15. The first-order valence-electron chi connectivity index (χ1n) is 7.38. The van der Waals surface area contributed by atoms with Gasteiger partial charge in [-0.15, -0.1) is 0 Å². The third-order valence-electron chi connectivity index (χ3n) is 3.76. The van der Waals surface area contributed by atoms with Crippen LogP contribution in [-0.4, -0.2) is 41.0 Å². The Morgan fingerprint density at radius 1 is 1.20 bits per heavy atom. The van der Waals surface area contributed by atoms with E-state index in [1.807, 2.05) is 0 Å². The molecule has 0 saturated heterocycles. The van der Waals surface area contributed by atoms with Crippen LogP contribution in [0, 0.1) is 13.8 Å². The predicted octanol–water partition coefficient (Wildman–Crippen LogP) is 3.38. The van der Waals surface area contributed by atoms with Crippen molar-refractivity contribution in [3.05, 3.63) is 45.5 Å². The second-order valence-corrected chi connectivity index (χ2v) is 5.88. The molecule has 0 atom stereocenters. The summed E-state index contributed by atoms with van der Waals surface area (Å²) in [6, 6.07) is 3.99. The first kappa shape index (κ1) is 18.6. The molecule has 2 aromatic rings. The highest BCUT2D eigenvalue weighted by Gasteiger charge is 2.14. The number of ketones is 1. The van der Waals surface area contributed by atoms with Crippen molar-refractivity contribution in [2.24, 2.45) is 4.99 Å². The number of rotatable bonds is 5. The van der Waals surface area contributed by atoms with Crippen LogP contribution in [-0.2, 0) is 0 Å². The minimum atomic E-state index is -0.453. The van der Waals surface area contributed by atoms with Crippen molar-refractivity contribution in [1.29, 1.82) is 0 Å². The Labute approximate surface area is 150 Å². The quantitative estimate of drug-likeness (QED) is 0.429. The zero-order valence-electron chi connectivity index (χ0n) is 14.0. The van der Waals surface area contributed by atoms with E-state index in [0.717, 1.165) is 11.6 Å². The lowest BCUT2D eigenvalue weighted by molar-refractivity contribution is 0.100. The molecule has 0 radical (unpaired) electrons. The van der Waals surface area contributed by atoms with Crippen LogP contribution in [0.15, 0.2) is 23.2 Å². The normalized spacial score (nSPS) is 11.0. The predicted molar refractivity (Wildman–Crippen MR) is 95.7 cm³/mol. The summed E-state index contributed by atoms with van der Waals surface area (Å²) in [5.74, 6) is -1.26. The van der Waals surface area contributed by atoms with E-state index < -0.39 is 11.5 Å². The average molecular weight is 364 g/mol. The fourth-order valence-corrected chi connectivity index (χ4v) is 2.49. The number of Topliss-reactive ketones (excluding diaryl/α,β-unsaturated/α-hetero) is 1. The van der Waals surface area contributed by atoms with Gasteiger partial charge in [-0.2, -0.15) is 0 Å². The van der Waals surface area contributed by atoms with E-state index in [1.54, 1.807) is 13.8 Å². The van der Waals surface area contributed by atoms with Gasteiger partial charge in [0, 0.05) is 22.4 Å². The Morgan fingerprint density at radius 3 is 2.52 bits per heavy atom. The number of carbonyl (C=O) groups is 1. The molecule has 3 N–H and O–H groups in total. The van der Waals surface area contributed by atoms with Crippen LogP contribution >= 0.6 is 11.6 Å². The van der Waals surface area contributed by atoms with Crippen molar-refractivity contribution in [3.8, 4) is 23.0 Å². The summed E-state index contributed by atoms with van der Waals surface area (Å²) in [4.78, 5) is 16.2. The number of carbonyl (C=O) groups excluding carboxylic acids is 1. The Hall–Kier alpha value is -2.73. The Kier molecular flexibility index (Phi) is 5.54. The fraction of sp³-hybridized carbons (Fsp3) is 0.222. The molecule has 0 aliphatic rings. The van der Waals surface area contributed by atoms with Crippen molar-refractivity contribution >= 4 is 23.6 Å². The number of aryl methyl sites for hydroxylation is 1. The Balaban J connectivity index is 2.22. The van der Waals surface area contributed by atoms with Crippen molar-refractivity contribution < 1.29 is 24.9 Å². The average Bonchev–Trinajstić information content (AvgIpc) is 2.58. The number of aliphatic imine (C=N–C) groups is 1. The molecular weight excluding hydrogens is 346 g/mol. The smallest absolute Gasteiger partial charge is 0.200 e. The van der Waals surface area contributed by atoms with Gasteiger partial charge in [-0.3, -0.25) is 9.79 Å². The van der Waals surface area contributed by atoms with Gasteiger partial charge >= 0.3 is 0 Å². The molecule has 0 spiro atoms. The van der Waals surface area contributed by atoms with Crippen LogP contribution < -0.4 is 4.74 Å². The van der Waals surface area contributed by atoms with Crippen LogP contribution in [0.4, 0.5) is 0 Å². The fourth-order valence-electron chi connectivity index (χ4n) is 2.34. The van der Waals surface area contributed by atoms with E-state index in [1.165, 1.54) is 25.5 Å². The molecule has 0 aromatic heterocycles. The number of phenolic OH excluding ortho intramolecular Hbond substituents is 3. The van der Waals surface area contributed by atoms with Crippen LogP contribution in [0.3, 0.4) is 0 Å². The summed E-state index contributed by atoms with van der Waals surface area (Å²) in [5, 5.41) is 29.7. The first-order valence-corrected chi connectivity index (χ1v) is 7.75. The number of aromatic hydroxyl groups is 3. The highest BCUT2D eigenvalue weighted by atomic mass is 35.5. The van der Waals surface area contributed by atoms with Gasteiger partial charge in [0.1, 0.15) is 12.3 Å². The molecule has 0 amide bonds. The Morgan fingerprint density at radius 2 is 1.88 bits per heavy atom. The van der Waals surface area contributed by atoms with Crippen molar-refractivity contribution in [2.45, 2.75) is 13.8 Å². The summed E-state index contributed by atoms with van der Waals surface area (Å²) < 4.78 is 4.90. The third-order valence-corrected chi connectivity index (χ3v) is 4.34. The first-order chi connectivity index (χ1) is 11.8. The van der Waals surface area contributed by atoms with Gasteiger partial charge in [0.2, 0.25) is 5.75 Å². The molecule has 0 fully saturated rings. The van der Waals surface area contributed by atoms with Gasteiger partial charge in [-0.1, -0.05) is 11.6 Å². The van der Waals surface area contributed by atoms with E-state index >= 15 is 0 Å². The maximum atomic E-state index is 12.2. The topological polar surface area (TPSA) is 99.4 Å². The van der Waals surface area contributed by atoms with Crippen molar-refractivity contribution in [2.75, 3.05) is 13.7 Å². The van der Waals surface area contributed by atoms with E-state index in [0.29, 0.717) is 16.1 Å². The number of benzene rings is 2. The van der Waals surface area contributed by atoms with E-state index in [2.05, 4.69) is 4.99 Å². The van der Waals surface area contributed by atoms with Crippen LogP contribution in [0.25, 0.3) is 0 Å². The van der Waals surface area contributed by atoms with Gasteiger partial charge in [0.15, 0.2) is 17.3 Å². The molecule has 0 heterocycles. The van der Waals surface area contributed by atoms with Crippen molar-refractivity contribution in [1.82, 2.24) is 0 Å². The lowest BCUT2D eigenvalue weighted by atomic mass is 10.0. The van der Waals surface area contributed by atoms with Gasteiger partial charge in [-0.05, 0) is 43.2 Å². The van der Waals surface area contributed by atoms with Crippen LogP contribution in [0.1, 0.15) is 27.0 Å². The van der Waals surface area contributed by atoms with E-state index in [9.17, 15) is 20.1 Å². The molecule has 6 nitrogen and oxygen atoms in total. The highest BCUT2D eigenvalue weighted by molar-refractivity contribution is 6.32. The molecule has 2 aromatic carbocycles. The molecule has 132 valence electrons. The molecule has 0 aliphatic heterocycles. The van der Waals surface area contributed by atoms with Crippen molar-refractivity contribution in [3.63, 3.8) is 0 Å². The van der Waals surface area contributed by atoms with E-state index in [4.69, 9.17) is 16.3 Å². The number of hydrogen-bond acceptors (Lipinski definition) is 6. The molecule has 7 heteroatoms. The minimum Gasteiger partial charge on any atom is -0.507 e. The monoisotopic (exact) mass is 363 g/mol. The van der Waals surface area contributed by atoms with Crippen LogP contribution in [0.5, 0.6) is 23.0 Å². The summed E-state index contributed by atoms with van der Waals surface area (Å²) in [6.07, 6.45) is 1.38. The summed E-state index contributed by atoms with van der Waals surface area (Å²) in [6.45, 7) is 3.32. The van der Waals surface area contributed by atoms with Crippen LogP contribution in [0.2, 0.25) is 5.02 Å². The number of halogens is 1. The zero-order valence-corrected chi connectivity index (χ0v) is 14.8. The lowest BCUT2D eigenvalue weighted by Gasteiger charge is -2.09. The minimum absolute atomic E-state index is 0.00821. The van der Waals surface area contributed by atoms with Gasteiger partial charge in [0.05, 0.1) is 7.11 Å². The third kappa shape index (κ3) is 3.85. The molecule has 0 aliphatic carbocycles. The molecule has 0 bridgehead atoms. The largest absolute Gasteiger partial charge is 0.507 e. The molecule has 2 rings (SSSR count).